The van der Waals surface area contributed by atoms with Crippen LogP contribution in [0, 0.1) is 0 Å². The van der Waals surface area contributed by atoms with Gasteiger partial charge in [-0.05, 0) is 57.1 Å². The van der Waals surface area contributed by atoms with Crippen LogP contribution in [-0.2, 0) is 14.4 Å². The number of alkyl halides is 3. The second kappa shape index (κ2) is 13.8. The quantitative estimate of drug-likeness (QED) is 0.382. The molecule has 0 aliphatic carbocycles. The number of carbonyl (C=O) groups excluding carboxylic acids is 3. The molecule has 1 aromatic carbocycles. The van der Waals surface area contributed by atoms with Gasteiger partial charge in [0.15, 0.2) is 0 Å². The van der Waals surface area contributed by atoms with Gasteiger partial charge in [-0.3, -0.25) is 14.4 Å². The molecule has 1 aliphatic heterocycles. The Labute approximate surface area is 209 Å². The number of rotatable bonds is 14. The Morgan fingerprint density at radius 2 is 1.89 bits per heavy atom. The summed E-state index contributed by atoms with van der Waals surface area (Å²) in [6, 6.07) is 9.41. The second-order valence-electron chi connectivity index (χ2n) is 9.06. The van der Waals surface area contributed by atoms with E-state index >= 15 is 0 Å². The molecule has 0 bridgehead atoms. The number of benzene rings is 1. The van der Waals surface area contributed by atoms with Crippen LogP contribution in [0.2, 0.25) is 0 Å². The minimum Gasteiger partial charge on any atom is -0.368 e. The van der Waals surface area contributed by atoms with Gasteiger partial charge >= 0.3 is 6.18 Å². The monoisotopic (exact) mass is 516 g/mol. The molecule has 2 atom stereocenters. The van der Waals surface area contributed by atoms with Gasteiger partial charge in [0.05, 0.1) is 12.3 Å². The summed E-state index contributed by atoms with van der Waals surface area (Å²) < 4.78 is 37.0. The van der Waals surface area contributed by atoms with E-state index in [-0.39, 0.29) is 24.6 Å². The Balaban J connectivity index is 1.94. The maximum absolute atomic E-state index is 13.0. The van der Waals surface area contributed by atoms with Crippen molar-refractivity contribution < 1.29 is 27.6 Å². The number of hydrogen-bond donors (Lipinski definition) is 1. The van der Waals surface area contributed by atoms with Crippen LogP contribution in [0.5, 0.6) is 0 Å². The minimum atomic E-state index is -4.84. The number of nitrogens with two attached hydrogens (primary N) is 1. The number of halogens is 3. The molecule has 2 N–H and O–H groups in total. The topological polar surface area (TPSA) is 87.0 Å². The van der Waals surface area contributed by atoms with Crippen molar-refractivity contribution in [3.8, 4) is 0 Å². The molecule has 196 valence electrons. The molecule has 11 heteroatoms. The lowest BCUT2D eigenvalue weighted by Crippen LogP contribution is -2.52. The maximum Gasteiger partial charge on any atom is 0.450 e. The molecule has 0 radical (unpaired) electrons. The second-order valence-corrected chi connectivity index (χ2v) is 10.2. The first-order chi connectivity index (χ1) is 16.5. The van der Waals surface area contributed by atoms with E-state index in [1.54, 1.807) is 19.0 Å². The van der Waals surface area contributed by atoms with Crippen LogP contribution in [0.4, 0.5) is 13.2 Å². The molecule has 1 unspecified atom stereocenters. The lowest BCUT2D eigenvalue weighted by Gasteiger charge is -2.32. The number of nitrogens with zero attached hydrogens (tertiary/aromatic N) is 3. The van der Waals surface area contributed by atoms with Gasteiger partial charge in [-0.15, -0.1) is 0 Å². The Hall–Kier alpha value is -2.11. The zero-order chi connectivity index (χ0) is 26.0. The number of Topliss-reactive ketones (excluding diaryl/α,β-unsaturated/α-hetero) is 1. The Bertz CT molecular complexity index is 839. The smallest absolute Gasteiger partial charge is 0.368 e. The lowest BCUT2D eigenvalue weighted by atomic mass is 9.99. The number of primary amides is 1. The number of likely N-dealkylation sites (N-methyl/N-ethyl adjacent to an activating group) is 1. The molecule has 1 aliphatic rings. The average molecular weight is 517 g/mol. The van der Waals surface area contributed by atoms with Crippen molar-refractivity contribution in [1.29, 1.82) is 0 Å². The van der Waals surface area contributed by atoms with Gasteiger partial charge in [0.1, 0.15) is 6.04 Å². The zero-order valence-electron chi connectivity index (χ0n) is 20.3. The summed E-state index contributed by atoms with van der Waals surface area (Å²) in [5.74, 6) is -2.63. The van der Waals surface area contributed by atoms with Gasteiger partial charge in [0.2, 0.25) is 17.6 Å². The van der Waals surface area contributed by atoms with E-state index in [1.165, 1.54) is 10.5 Å². The van der Waals surface area contributed by atoms with E-state index in [2.05, 4.69) is 17.0 Å². The third-order valence-corrected chi connectivity index (χ3v) is 7.04. The molecule has 1 heterocycles. The fraction of sp³-hybridized carbons (Fsp3) is 0.625. The first-order valence-electron chi connectivity index (χ1n) is 11.7. The number of hydrogen-bond acceptors (Lipinski definition) is 6. The van der Waals surface area contributed by atoms with Gasteiger partial charge < -0.3 is 20.4 Å². The average Bonchev–Trinajstić information content (AvgIpc) is 3.25. The zero-order valence-corrected chi connectivity index (χ0v) is 21.1. The van der Waals surface area contributed by atoms with Gasteiger partial charge in [-0.1, -0.05) is 30.3 Å². The van der Waals surface area contributed by atoms with Gasteiger partial charge in [-0.25, -0.2) is 0 Å². The Morgan fingerprint density at radius 3 is 2.49 bits per heavy atom. The highest BCUT2D eigenvalue weighted by Gasteiger charge is 2.37. The first-order valence-corrected chi connectivity index (χ1v) is 12.8. The molecule has 2 amide bonds. The van der Waals surface area contributed by atoms with E-state index in [9.17, 15) is 27.6 Å². The fourth-order valence-corrected chi connectivity index (χ4v) is 5.04. The third-order valence-electron chi connectivity index (χ3n) is 5.99. The molecule has 1 saturated heterocycles. The van der Waals surface area contributed by atoms with Crippen molar-refractivity contribution in [2.24, 2.45) is 5.73 Å². The number of ketones is 1. The van der Waals surface area contributed by atoms with E-state index in [0.29, 0.717) is 25.4 Å². The van der Waals surface area contributed by atoms with Gasteiger partial charge in [0.25, 0.3) is 0 Å². The number of likely N-dealkylation sites (tertiary alicyclic amines) is 1. The van der Waals surface area contributed by atoms with Crippen LogP contribution < -0.4 is 5.73 Å². The van der Waals surface area contributed by atoms with Crippen molar-refractivity contribution in [2.45, 2.75) is 37.4 Å². The van der Waals surface area contributed by atoms with Crippen LogP contribution in [0.15, 0.2) is 30.3 Å². The molecule has 1 aromatic rings. The molecule has 1 fully saturated rings. The Morgan fingerprint density at radius 1 is 1.20 bits per heavy atom. The summed E-state index contributed by atoms with van der Waals surface area (Å²) in [4.78, 5) is 41.7. The summed E-state index contributed by atoms with van der Waals surface area (Å²) in [6.45, 7) is 2.80. The SMILES string of the molecule is CN(C)CC(=O)N(CCN1CCC(c2ccccc2)C1)[C@@H](CCCSCC(=O)C(F)(F)F)C(N)=O. The predicted molar refractivity (Wildman–Crippen MR) is 131 cm³/mol. The summed E-state index contributed by atoms with van der Waals surface area (Å²) in [5.41, 5.74) is 6.92. The fourth-order valence-electron chi connectivity index (χ4n) is 4.18. The largest absolute Gasteiger partial charge is 0.450 e. The predicted octanol–water partition coefficient (Wildman–Crippen LogP) is 2.36. The standard InChI is InChI=1S/C24H35F3N4O3S/c1-29(2)16-22(33)31(13-12-30-11-10-19(15-30)18-7-4-3-5-8-18)20(23(28)34)9-6-14-35-17-21(32)24(25,26)27/h3-5,7-8,19-20H,6,9-17H2,1-2H3,(H2,28,34)/t19?,20-/m0/s1. The van der Waals surface area contributed by atoms with Crippen molar-refractivity contribution in [1.82, 2.24) is 14.7 Å². The lowest BCUT2D eigenvalue weighted by molar-refractivity contribution is -0.167. The summed E-state index contributed by atoms with van der Waals surface area (Å²) in [6.07, 6.45) is -3.24. The van der Waals surface area contributed by atoms with Crippen LogP contribution >= 0.6 is 11.8 Å². The first kappa shape index (κ1) is 29.1. The van der Waals surface area contributed by atoms with Crippen molar-refractivity contribution in [3.63, 3.8) is 0 Å². The molecule has 2 rings (SSSR count). The normalized spacial score (nSPS) is 17.5. The highest BCUT2D eigenvalue weighted by atomic mass is 32.2. The Kier molecular flexibility index (Phi) is 11.5. The minimum absolute atomic E-state index is 0.116. The maximum atomic E-state index is 13.0. The molecule has 0 aromatic heterocycles. The number of thioether (sulfide) groups is 1. The highest BCUT2D eigenvalue weighted by Crippen LogP contribution is 2.27. The van der Waals surface area contributed by atoms with Crippen LogP contribution in [0.1, 0.15) is 30.7 Å². The van der Waals surface area contributed by atoms with Crippen molar-refractivity contribution >= 4 is 29.4 Å². The molecule has 7 nitrogen and oxygen atoms in total. The molecule has 0 spiro atoms. The molecule has 35 heavy (non-hydrogen) atoms. The number of carbonyl (C=O) groups is 3. The van der Waals surface area contributed by atoms with Crippen LogP contribution in [0.3, 0.4) is 0 Å². The van der Waals surface area contributed by atoms with E-state index in [0.717, 1.165) is 31.3 Å². The molecular formula is C24H35F3N4O3S. The van der Waals surface area contributed by atoms with E-state index in [1.807, 2.05) is 18.2 Å². The summed E-state index contributed by atoms with van der Waals surface area (Å²) >= 11 is 0.863. The summed E-state index contributed by atoms with van der Waals surface area (Å²) in [5, 5.41) is 0. The van der Waals surface area contributed by atoms with Crippen molar-refractivity contribution in [2.75, 3.05) is 58.3 Å². The third kappa shape index (κ3) is 9.81. The molecule has 0 saturated carbocycles. The van der Waals surface area contributed by atoms with E-state index in [4.69, 9.17) is 5.73 Å². The van der Waals surface area contributed by atoms with E-state index < -0.39 is 29.7 Å². The van der Waals surface area contributed by atoms with Crippen LogP contribution in [0.25, 0.3) is 0 Å². The summed E-state index contributed by atoms with van der Waals surface area (Å²) in [7, 11) is 3.52. The highest BCUT2D eigenvalue weighted by molar-refractivity contribution is 7.99. The van der Waals surface area contributed by atoms with Gasteiger partial charge in [-0.2, -0.15) is 24.9 Å². The van der Waals surface area contributed by atoms with Crippen molar-refractivity contribution in [3.05, 3.63) is 35.9 Å². The molecular weight excluding hydrogens is 481 g/mol. The van der Waals surface area contributed by atoms with Gasteiger partial charge in [0, 0.05) is 19.6 Å². The van der Waals surface area contributed by atoms with Crippen LogP contribution in [-0.4, -0.2) is 103 Å². The number of amides is 2.